The minimum atomic E-state index is -1.07. The number of amides is 1. The van der Waals surface area contributed by atoms with Gasteiger partial charge in [-0.1, -0.05) is 21.6 Å². The summed E-state index contributed by atoms with van der Waals surface area (Å²) in [5, 5.41) is 11.7. The topological polar surface area (TPSA) is 102 Å². The van der Waals surface area contributed by atoms with Crippen LogP contribution in [0.3, 0.4) is 0 Å². The molecule has 0 radical (unpaired) electrons. The largest absolute Gasteiger partial charge is 0.480 e. The van der Waals surface area contributed by atoms with E-state index < -0.39 is 23.7 Å². The van der Waals surface area contributed by atoms with Gasteiger partial charge in [0.1, 0.15) is 11.6 Å². The molecular weight excluding hydrogens is 300 g/mol. The van der Waals surface area contributed by atoms with Crippen LogP contribution in [0.4, 0.5) is 4.79 Å². The molecule has 0 fully saturated rings. The predicted octanol–water partition coefficient (Wildman–Crippen LogP) is 2.08. The van der Waals surface area contributed by atoms with Gasteiger partial charge in [0, 0.05) is 11.8 Å². The number of carboxylic acid groups (broad SMARTS) is 1. The highest BCUT2D eigenvalue weighted by Crippen LogP contribution is 2.26. The molecule has 20 heavy (non-hydrogen) atoms. The van der Waals surface area contributed by atoms with Gasteiger partial charge in [-0.2, -0.15) is 0 Å². The Kier molecular flexibility index (Phi) is 9.08. The molecule has 0 aliphatic rings. The molecular formula is C12H24N2O4S2. The van der Waals surface area contributed by atoms with Crippen LogP contribution in [-0.4, -0.2) is 46.9 Å². The van der Waals surface area contributed by atoms with Crippen LogP contribution in [0.2, 0.25) is 0 Å². The normalized spacial score (nSPS) is 14.4. The molecule has 1 unspecified atom stereocenters. The number of nitrogens with two attached hydrogens (primary N) is 1. The number of ether oxygens (including phenoxy) is 1. The van der Waals surface area contributed by atoms with Gasteiger partial charge in [-0.05, 0) is 39.9 Å². The van der Waals surface area contributed by atoms with E-state index in [1.165, 1.54) is 0 Å². The van der Waals surface area contributed by atoms with Crippen molar-refractivity contribution in [1.29, 1.82) is 0 Å². The van der Waals surface area contributed by atoms with Gasteiger partial charge in [-0.15, -0.1) is 0 Å². The van der Waals surface area contributed by atoms with E-state index in [1.54, 1.807) is 42.4 Å². The molecule has 118 valence electrons. The minimum Gasteiger partial charge on any atom is -0.480 e. The molecule has 0 aliphatic carbocycles. The molecule has 0 saturated carbocycles. The predicted molar refractivity (Wildman–Crippen MR) is 84.0 cm³/mol. The Morgan fingerprint density at radius 1 is 1.35 bits per heavy atom. The first-order valence-corrected chi connectivity index (χ1v) is 8.93. The van der Waals surface area contributed by atoms with Crippen molar-refractivity contribution in [3.8, 4) is 0 Å². The fourth-order valence-corrected chi connectivity index (χ4v) is 3.33. The summed E-state index contributed by atoms with van der Waals surface area (Å²) < 4.78 is 5.05. The third-order valence-electron chi connectivity index (χ3n) is 2.26. The van der Waals surface area contributed by atoms with Crippen LogP contribution in [0.25, 0.3) is 0 Å². The molecule has 0 aliphatic heterocycles. The molecule has 1 amide bonds. The molecule has 0 aromatic rings. The van der Waals surface area contributed by atoms with Crippen molar-refractivity contribution < 1.29 is 19.4 Å². The Labute approximate surface area is 128 Å². The standard InChI is InChI=1S/C12H24N2O4S2/c1-12(2,3)18-11(17)14-9(10(15)16)6-5-8(7-13)20-19-4/h8-9H,5-7,13H2,1-4H3,(H,14,17)(H,15,16)/t8-,9?/m0/s1. The summed E-state index contributed by atoms with van der Waals surface area (Å²) in [6.07, 6.45) is 2.17. The first-order valence-electron chi connectivity index (χ1n) is 6.31. The first kappa shape index (κ1) is 19.4. The molecule has 0 saturated heterocycles. The van der Waals surface area contributed by atoms with Crippen LogP contribution in [-0.2, 0) is 9.53 Å². The van der Waals surface area contributed by atoms with Gasteiger partial charge in [0.15, 0.2) is 0 Å². The van der Waals surface area contributed by atoms with Gasteiger partial charge in [-0.3, -0.25) is 0 Å². The molecule has 0 spiro atoms. The molecule has 0 heterocycles. The summed E-state index contributed by atoms with van der Waals surface area (Å²) in [6.45, 7) is 5.65. The molecule has 4 N–H and O–H groups in total. The Morgan fingerprint density at radius 3 is 2.35 bits per heavy atom. The van der Waals surface area contributed by atoms with Gasteiger partial charge < -0.3 is 20.9 Å². The van der Waals surface area contributed by atoms with Crippen LogP contribution in [0.1, 0.15) is 33.6 Å². The summed E-state index contributed by atoms with van der Waals surface area (Å²) in [5.74, 6) is -1.07. The fraction of sp³-hybridized carbons (Fsp3) is 0.833. The lowest BCUT2D eigenvalue weighted by atomic mass is 10.1. The second-order valence-corrected chi connectivity index (χ2v) is 8.00. The van der Waals surface area contributed by atoms with E-state index in [-0.39, 0.29) is 5.25 Å². The van der Waals surface area contributed by atoms with E-state index >= 15 is 0 Å². The summed E-state index contributed by atoms with van der Waals surface area (Å²) >= 11 is 0. The summed E-state index contributed by atoms with van der Waals surface area (Å²) in [5.41, 5.74) is 4.96. The molecule has 2 atom stereocenters. The zero-order valence-corrected chi connectivity index (χ0v) is 14.0. The van der Waals surface area contributed by atoms with Crippen LogP contribution < -0.4 is 11.1 Å². The highest BCUT2D eigenvalue weighted by molar-refractivity contribution is 8.76. The van der Waals surface area contributed by atoms with Crippen molar-refractivity contribution in [2.45, 2.75) is 50.5 Å². The Balaban J connectivity index is 4.37. The van der Waals surface area contributed by atoms with Crippen molar-refractivity contribution >= 4 is 33.7 Å². The number of carboxylic acids is 1. The van der Waals surface area contributed by atoms with Crippen molar-refractivity contribution in [3.05, 3.63) is 0 Å². The van der Waals surface area contributed by atoms with Gasteiger partial charge in [0.25, 0.3) is 0 Å². The minimum absolute atomic E-state index is 0.173. The number of carbonyl (C=O) groups is 2. The summed E-state index contributed by atoms with van der Waals surface area (Å²) in [4.78, 5) is 22.7. The second-order valence-electron chi connectivity index (χ2n) is 5.24. The second kappa shape index (κ2) is 9.36. The average Bonchev–Trinajstić information content (AvgIpc) is 2.29. The van der Waals surface area contributed by atoms with Crippen LogP contribution >= 0.6 is 21.6 Å². The number of hydrogen-bond acceptors (Lipinski definition) is 6. The van der Waals surface area contributed by atoms with E-state index in [0.29, 0.717) is 19.4 Å². The molecule has 0 aromatic heterocycles. The maximum Gasteiger partial charge on any atom is 0.408 e. The molecule has 0 rings (SSSR count). The summed E-state index contributed by atoms with van der Waals surface area (Å²) in [7, 11) is 3.21. The van der Waals surface area contributed by atoms with Crippen molar-refractivity contribution in [2.75, 3.05) is 12.8 Å². The SMILES string of the molecule is CSS[C@H](CN)CCC(NC(=O)OC(C)(C)C)C(=O)O. The monoisotopic (exact) mass is 324 g/mol. The quantitative estimate of drug-likeness (QED) is 0.587. The lowest BCUT2D eigenvalue weighted by Gasteiger charge is -2.22. The Hall–Kier alpha value is -0.600. The first-order chi connectivity index (χ1) is 9.19. The highest BCUT2D eigenvalue weighted by atomic mass is 33.1. The van der Waals surface area contributed by atoms with Gasteiger partial charge in [0.2, 0.25) is 0 Å². The lowest BCUT2D eigenvalue weighted by Crippen LogP contribution is -2.43. The Morgan fingerprint density at radius 2 is 1.95 bits per heavy atom. The average molecular weight is 324 g/mol. The number of alkyl carbamates (subject to hydrolysis) is 1. The maximum atomic E-state index is 11.6. The number of aliphatic carboxylic acids is 1. The zero-order chi connectivity index (χ0) is 15.8. The van der Waals surface area contributed by atoms with Crippen LogP contribution in [0, 0.1) is 0 Å². The lowest BCUT2D eigenvalue weighted by molar-refractivity contribution is -0.139. The van der Waals surface area contributed by atoms with Gasteiger partial charge in [0.05, 0.1) is 0 Å². The van der Waals surface area contributed by atoms with Crippen LogP contribution in [0.15, 0.2) is 0 Å². The highest BCUT2D eigenvalue weighted by Gasteiger charge is 2.24. The number of hydrogen-bond donors (Lipinski definition) is 3. The third kappa shape index (κ3) is 9.33. The molecule has 8 heteroatoms. The van der Waals surface area contributed by atoms with Crippen molar-refractivity contribution in [3.63, 3.8) is 0 Å². The zero-order valence-electron chi connectivity index (χ0n) is 12.3. The third-order valence-corrected chi connectivity index (χ3v) is 4.55. The van der Waals surface area contributed by atoms with Crippen LogP contribution in [0.5, 0.6) is 0 Å². The van der Waals surface area contributed by atoms with E-state index in [0.717, 1.165) is 0 Å². The van der Waals surface area contributed by atoms with E-state index in [1.807, 2.05) is 6.26 Å². The smallest absolute Gasteiger partial charge is 0.408 e. The van der Waals surface area contributed by atoms with Crippen molar-refractivity contribution in [2.24, 2.45) is 5.73 Å². The number of rotatable bonds is 8. The Bertz CT molecular complexity index is 321. The number of carbonyl (C=O) groups excluding carboxylic acids is 1. The maximum absolute atomic E-state index is 11.6. The number of nitrogens with one attached hydrogen (secondary N) is 1. The van der Waals surface area contributed by atoms with E-state index in [4.69, 9.17) is 15.6 Å². The molecule has 0 bridgehead atoms. The van der Waals surface area contributed by atoms with E-state index in [9.17, 15) is 9.59 Å². The van der Waals surface area contributed by atoms with Crippen molar-refractivity contribution in [1.82, 2.24) is 5.32 Å². The fourth-order valence-electron chi connectivity index (χ4n) is 1.40. The van der Waals surface area contributed by atoms with Gasteiger partial charge >= 0.3 is 12.1 Å². The molecule has 0 aromatic carbocycles. The van der Waals surface area contributed by atoms with E-state index in [2.05, 4.69) is 5.32 Å². The van der Waals surface area contributed by atoms with Gasteiger partial charge in [-0.25, -0.2) is 9.59 Å². The summed E-state index contributed by atoms with van der Waals surface area (Å²) in [6, 6.07) is -0.957. The molecule has 6 nitrogen and oxygen atoms in total.